The fourth-order valence-electron chi connectivity index (χ4n) is 5.36. The Hall–Kier alpha value is -5.48. The van der Waals surface area contributed by atoms with Crippen molar-refractivity contribution in [3.8, 4) is 11.1 Å². The van der Waals surface area contributed by atoms with E-state index >= 15 is 0 Å². The summed E-state index contributed by atoms with van der Waals surface area (Å²) in [6, 6.07) is 33.5. The topological polar surface area (TPSA) is 132 Å². The molecule has 0 fully saturated rings. The fourth-order valence-corrected chi connectivity index (χ4v) is 5.36. The lowest BCUT2D eigenvalue weighted by molar-refractivity contribution is -0.158. The molecule has 0 aromatic heterocycles. The first-order chi connectivity index (χ1) is 22.9. The van der Waals surface area contributed by atoms with E-state index in [1.165, 1.54) is 6.92 Å². The Balaban J connectivity index is 1.10. The molecule has 5 rings (SSSR count). The molecule has 242 valence electrons. The molecule has 4 aromatic rings. The summed E-state index contributed by atoms with van der Waals surface area (Å²) in [5.74, 6) is -1.80. The number of rotatable bonds is 14. The second-order valence-corrected chi connectivity index (χ2v) is 11.1. The van der Waals surface area contributed by atoms with Crippen molar-refractivity contribution in [2.75, 3.05) is 19.9 Å². The molecule has 2 atom stereocenters. The molecule has 0 bridgehead atoms. The lowest BCUT2D eigenvalue weighted by atomic mass is 9.98. The zero-order valence-corrected chi connectivity index (χ0v) is 26.0. The number of carbonyl (C=O) groups is 4. The van der Waals surface area contributed by atoms with E-state index in [9.17, 15) is 19.2 Å². The third-order valence-electron chi connectivity index (χ3n) is 7.82. The number of nitrogens with one attached hydrogen (secondary N) is 3. The van der Waals surface area contributed by atoms with Gasteiger partial charge < -0.3 is 30.2 Å². The predicted octanol–water partition coefficient (Wildman–Crippen LogP) is 4.47. The van der Waals surface area contributed by atoms with Crippen LogP contribution in [0.2, 0.25) is 0 Å². The maximum absolute atomic E-state index is 13.2. The second kappa shape index (κ2) is 16.2. The number of alkyl carbamates (subject to hydrolysis) is 1. The zero-order valence-electron chi connectivity index (χ0n) is 26.0. The second-order valence-electron chi connectivity index (χ2n) is 11.1. The van der Waals surface area contributed by atoms with Crippen molar-refractivity contribution in [2.45, 2.75) is 38.0 Å². The summed E-state index contributed by atoms with van der Waals surface area (Å²) in [7, 11) is 0. The quantitative estimate of drug-likeness (QED) is 0.138. The van der Waals surface area contributed by atoms with Gasteiger partial charge in [0.05, 0.1) is 6.54 Å². The Bertz CT molecular complexity index is 1630. The van der Waals surface area contributed by atoms with Gasteiger partial charge in [-0.1, -0.05) is 109 Å². The third-order valence-corrected chi connectivity index (χ3v) is 7.82. The summed E-state index contributed by atoms with van der Waals surface area (Å²) in [6.45, 7) is 1.10. The van der Waals surface area contributed by atoms with Gasteiger partial charge in [0.2, 0.25) is 11.8 Å². The standard InChI is InChI=1S/C37H37N3O7/c1-25(36(43)45-22-27-14-6-3-7-15-27)47-24-39-34(41)21-38-35(42)33(20-26-12-4-2-5-13-26)40-37(44)46-23-32-30-18-10-8-16-28(30)29-17-9-11-19-31(29)32/h2-19,25,32-33H,20-24H2,1H3,(H,38,42)(H,39,41)(H,40,44)/t25-,33+/m1/s1. The highest BCUT2D eigenvalue weighted by atomic mass is 16.6. The van der Waals surface area contributed by atoms with Crippen molar-refractivity contribution >= 4 is 23.9 Å². The molecule has 0 heterocycles. The van der Waals surface area contributed by atoms with Gasteiger partial charge in [-0.25, -0.2) is 9.59 Å². The van der Waals surface area contributed by atoms with Crippen LogP contribution in [0.3, 0.4) is 0 Å². The molecule has 10 heteroatoms. The normalized spacial score (nSPS) is 13.0. The molecule has 3 amide bonds. The van der Waals surface area contributed by atoms with Gasteiger partial charge in [0.25, 0.3) is 0 Å². The van der Waals surface area contributed by atoms with Crippen molar-refractivity contribution in [1.82, 2.24) is 16.0 Å². The van der Waals surface area contributed by atoms with E-state index in [0.717, 1.165) is 33.4 Å². The SMILES string of the molecule is C[C@@H](OCNC(=O)CNC(=O)[C@H](Cc1ccccc1)NC(=O)OCC1c2ccccc2-c2ccccc21)C(=O)OCc1ccccc1. The first-order valence-electron chi connectivity index (χ1n) is 15.4. The Morgan fingerprint density at radius 2 is 1.28 bits per heavy atom. The average molecular weight is 636 g/mol. The summed E-state index contributed by atoms with van der Waals surface area (Å²) >= 11 is 0. The molecule has 0 saturated heterocycles. The minimum absolute atomic E-state index is 0.0974. The van der Waals surface area contributed by atoms with E-state index in [-0.39, 0.29) is 38.8 Å². The van der Waals surface area contributed by atoms with Crippen molar-refractivity contribution < 1.29 is 33.4 Å². The van der Waals surface area contributed by atoms with Crippen LogP contribution >= 0.6 is 0 Å². The molecule has 4 aromatic carbocycles. The molecule has 1 aliphatic rings. The fraction of sp³-hybridized carbons (Fsp3) is 0.243. The summed E-state index contributed by atoms with van der Waals surface area (Å²) < 4.78 is 16.3. The molecular formula is C37H37N3O7. The maximum Gasteiger partial charge on any atom is 0.407 e. The van der Waals surface area contributed by atoms with E-state index in [1.54, 1.807) is 0 Å². The Morgan fingerprint density at radius 3 is 1.91 bits per heavy atom. The van der Waals surface area contributed by atoms with Gasteiger partial charge in [-0.05, 0) is 40.3 Å². The van der Waals surface area contributed by atoms with Crippen LogP contribution in [0.5, 0.6) is 0 Å². The summed E-state index contributed by atoms with van der Waals surface area (Å²) in [4.78, 5) is 50.8. The van der Waals surface area contributed by atoms with Crippen LogP contribution in [-0.2, 0) is 41.6 Å². The molecule has 0 aliphatic heterocycles. The number of amides is 3. The highest BCUT2D eigenvalue weighted by molar-refractivity contribution is 5.89. The number of esters is 1. The minimum atomic E-state index is -1.00. The Morgan fingerprint density at radius 1 is 0.702 bits per heavy atom. The Labute approximate surface area is 273 Å². The van der Waals surface area contributed by atoms with E-state index < -0.39 is 36.0 Å². The van der Waals surface area contributed by atoms with Crippen LogP contribution in [0.1, 0.15) is 35.1 Å². The van der Waals surface area contributed by atoms with Gasteiger partial charge in [0.15, 0.2) is 6.10 Å². The summed E-state index contributed by atoms with van der Waals surface area (Å²) in [5.41, 5.74) is 6.04. The van der Waals surface area contributed by atoms with Crippen LogP contribution in [0.25, 0.3) is 11.1 Å². The van der Waals surface area contributed by atoms with Crippen molar-refractivity contribution in [2.24, 2.45) is 0 Å². The number of ether oxygens (including phenoxy) is 3. The average Bonchev–Trinajstić information content (AvgIpc) is 3.42. The van der Waals surface area contributed by atoms with Gasteiger partial charge >= 0.3 is 12.1 Å². The van der Waals surface area contributed by atoms with Gasteiger partial charge in [0, 0.05) is 12.3 Å². The van der Waals surface area contributed by atoms with Gasteiger partial charge in [-0.3, -0.25) is 9.59 Å². The number of carbonyl (C=O) groups excluding carboxylic acids is 4. The smallest absolute Gasteiger partial charge is 0.407 e. The number of fused-ring (bicyclic) bond motifs is 3. The molecule has 3 N–H and O–H groups in total. The largest absolute Gasteiger partial charge is 0.459 e. The molecule has 0 unspecified atom stereocenters. The monoisotopic (exact) mass is 635 g/mol. The number of hydrogen-bond acceptors (Lipinski definition) is 7. The van der Waals surface area contributed by atoms with E-state index in [4.69, 9.17) is 14.2 Å². The summed E-state index contributed by atoms with van der Waals surface area (Å²) in [5, 5.41) is 7.74. The Kier molecular flexibility index (Phi) is 11.3. The van der Waals surface area contributed by atoms with Crippen LogP contribution in [0, 0.1) is 0 Å². The molecular weight excluding hydrogens is 598 g/mol. The first kappa shape index (κ1) is 32.9. The molecule has 0 radical (unpaired) electrons. The van der Waals surface area contributed by atoms with E-state index in [1.807, 2.05) is 97.1 Å². The van der Waals surface area contributed by atoms with Crippen LogP contribution in [0.4, 0.5) is 4.79 Å². The molecule has 0 spiro atoms. The van der Waals surface area contributed by atoms with Gasteiger partial charge in [0.1, 0.15) is 26.0 Å². The predicted molar refractivity (Wildman–Crippen MR) is 175 cm³/mol. The minimum Gasteiger partial charge on any atom is -0.459 e. The van der Waals surface area contributed by atoms with E-state index in [2.05, 4.69) is 28.1 Å². The van der Waals surface area contributed by atoms with Gasteiger partial charge in [-0.15, -0.1) is 0 Å². The van der Waals surface area contributed by atoms with Gasteiger partial charge in [-0.2, -0.15) is 0 Å². The van der Waals surface area contributed by atoms with Crippen molar-refractivity contribution in [1.29, 1.82) is 0 Å². The summed E-state index contributed by atoms with van der Waals surface area (Å²) in [6.07, 6.45) is -1.47. The highest BCUT2D eigenvalue weighted by Crippen LogP contribution is 2.44. The highest BCUT2D eigenvalue weighted by Gasteiger charge is 2.30. The molecule has 0 saturated carbocycles. The van der Waals surface area contributed by atoms with Crippen molar-refractivity contribution in [3.63, 3.8) is 0 Å². The van der Waals surface area contributed by atoms with Crippen molar-refractivity contribution in [3.05, 3.63) is 131 Å². The lowest BCUT2D eigenvalue weighted by Gasteiger charge is -2.20. The zero-order chi connectivity index (χ0) is 33.0. The molecule has 10 nitrogen and oxygen atoms in total. The van der Waals surface area contributed by atoms with E-state index in [0.29, 0.717) is 0 Å². The first-order valence-corrected chi connectivity index (χ1v) is 15.4. The lowest BCUT2D eigenvalue weighted by Crippen LogP contribution is -2.50. The number of benzene rings is 4. The van der Waals surface area contributed by atoms with Crippen LogP contribution in [0.15, 0.2) is 109 Å². The molecule has 47 heavy (non-hydrogen) atoms. The third kappa shape index (κ3) is 9.05. The van der Waals surface area contributed by atoms with Crippen LogP contribution < -0.4 is 16.0 Å². The number of hydrogen-bond donors (Lipinski definition) is 3. The molecule has 1 aliphatic carbocycles. The van der Waals surface area contributed by atoms with Crippen LogP contribution in [-0.4, -0.2) is 55.9 Å². The maximum atomic E-state index is 13.2.